The van der Waals surface area contributed by atoms with Crippen LogP contribution in [-0.2, 0) is 12.4 Å². The normalized spacial score (nSPS) is 10.8. The second kappa shape index (κ2) is 10.4. The van der Waals surface area contributed by atoms with Crippen molar-refractivity contribution in [2.45, 2.75) is 17.5 Å². The van der Waals surface area contributed by atoms with Crippen molar-refractivity contribution in [3.63, 3.8) is 0 Å². The quantitative estimate of drug-likeness (QED) is 0.331. The summed E-state index contributed by atoms with van der Waals surface area (Å²) in [6.07, 6.45) is 1.74. The van der Waals surface area contributed by atoms with E-state index in [4.69, 9.17) is 23.7 Å². The summed E-state index contributed by atoms with van der Waals surface area (Å²) in [5.41, 5.74) is 3.62. The number of hydrogen-bond acceptors (Lipinski definition) is 8. The van der Waals surface area contributed by atoms with Crippen molar-refractivity contribution in [1.29, 1.82) is 0 Å². The molecule has 0 aliphatic heterocycles. The van der Waals surface area contributed by atoms with Crippen molar-refractivity contribution < 1.29 is 23.7 Å². The molecule has 1 N–H and O–H groups in total. The maximum atomic E-state index is 5.99. The van der Waals surface area contributed by atoms with Crippen molar-refractivity contribution in [2.24, 2.45) is 0 Å². The third-order valence-electron chi connectivity index (χ3n) is 4.94. The maximum absolute atomic E-state index is 5.99. The highest BCUT2D eigenvalue weighted by Crippen LogP contribution is 2.38. The van der Waals surface area contributed by atoms with Crippen LogP contribution in [0.5, 0.6) is 28.7 Å². The van der Waals surface area contributed by atoms with Gasteiger partial charge < -0.3 is 28.7 Å². The highest BCUT2D eigenvalue weighted by Gasteiger charge is 2.13. The molecule has 33 heavy (non-hydrogen) atoms. The summed E-state index contributed by atoms with van der Waals surface area (Å²) in [4.78, 5) is 12.4. The molecule has 0 unspecified atom stereocenters. The third kappa shape index (κ3) is 5.25. The van der Waals surface area contributed by atoms with Gasteiger partial charge in [-0.05, 0) is 35.9 Å². The minimum Gasteiger partial charge on any atom is -0.497 e. The van der Waals surface area contributed by atoms with Crippen LogP contribution in [0, 0.1) is 0 Å². The molecule has 2 aromatic carbocycles. The summed E-state index contributed by atoms with van der Waals surface area (Å²) in [6.45, 7) is 0.346. The average molecular weight is 468 g/mol. The summed E-state index contributed by atoms with van der Waals surface area (Å²) in [7, 11) is 6.41. The fourth-order valence-corrected chi connectivity index (χ4v) is 4.10. The van der Waals surface area contributed by atoms with E-state index in [0.29, 0.717) is 29.6 Å². The number of pyridine rings is 1. The summed E-state index contributed by atoms with van der Waals surface area (Å²) >= 11 is 1.58. The Balaban J connectivity index is 1.41. The SMILES string of the molecule is COc1ccc2nc(SCc3cc(OCc4cc(OC)c(OC)c(OC)c4)ccn3)[nH]c2c1. The smallest absolute Gasteiger partial charge is 0.203 e. The zero-order valence-corrected chi connectivity index (χ0v) is 19.7. The van der Waals surface area contributed by atoms with Crippen LogP contribution in [0.15, 0.2) is 53.8 Å². The van der Waals surface area contributed by atoms with Crippen LogP contribution >= 0.6 is 11.8 Å². The standard InChI is InChI=1S/C24H25N3O5S/c1-28-17-5-6-19-20(12-17)27-24(26-19)33-14-16-11-18(7-8-25-16)32-13-15-9-21(29-2)23(31-4)22(10-15)30-3/h5-12H,13-14H2,1-4H3,(H,26,27). The average Bonchev–Trinajstić information content (AvgIpc) is 3.27. The van der Waals surface area contributed by atoms with Crippen molar-refractivity contribution in [1.82, 2.24) is 15.0 Å². The van der Waals surface area contributed by atoms with Gasteiger partial charge in [0, 0.05) is 24.1 Å². The molecule has 0 saturated carbocycles. The van der Waals surface area contributed by atoms with Crippen LogP contribution in [0.25, 0.3) is 11.0 Å². The predicted molar refractivity (Wildman–Crippen MR) is 127 cm³/mol. The lowest BCUT2D eigenvalue weighted by Gasteiger charge is -2.14. The summed E-state index contributed by atoms with van der Waals surface area (Å²) in [5.74, 6) is 3.90. The van der Waals surface area contributed by atoms with Gasteiger partial charge in [0.15, 0.2) is 16.7 Å². The second-order valence-corrected chi connectivity index (χ2v) is 7.98. The van der Waals surface area contributed by atoms with Crippen LogP contribution in [0.3, 0.4) is 0 Å². The van der Waals surface area contributed by atoms with Crippen LogP contribution in [-0.4, -0.2) is 43.4 Å². The number of imidazole rings is 1. The summed E-state index contributed by atoms with van der Waals surface area (Å²) in [6, 6.07) is 13.3. The largest absolute Gasteiger partial charge is 0.497 e. The number of thioether (sulfide) groups is 1. The molecule has 172 valence electrons. The van der Waals surface area contributed by atoms with E-state index in [9.17, 15) is 0 Å². The van der Waals surface area contributed by atoms with E-state index < -0.39 is 0 Å². The second-order valence-electron chi connectivity index (χ2n) is 7.02. The van der Waals surface area contributed by atoms with Crippen molar-refractivity contribution in [3.05, 3.63) is 59.9 Å². The Labute approximate surface area is 196 Å². The van der Waals surface area contributed by atoms with Gasteiger partial charge >= 0.3 is 0 Å². The van der Waals surface area contributed by atoms with Crippen LogP contribution < -0.4 is 23.7 Å². The molecule has 0 bridgehead atoms. The molecule has 0 fully saturated rings. The summed E-state index contributed by atoms with van der Waals surface area (Å²) in [5, 5.41) is 0.823. The first kappa shape index (κ1) is 22.6. The molecule has 0 radical (unpaired) electrons. The Hall–Kier alpha value is -3.59. The number of rotatable bonds is 10. The number of fused-ring (bicyclic) bond motifs is 1. The lowest BCUT2D eigenvalue weighted by atomic mass is 10.2. The number of aromatic amines is 1. The van der Waals surface area contributed by atoms with Crippen LogP contribution in [0.1, 0.15) is 11.3 Å². The first-order valence-electron chi connectivity index (χ1n) is 10.2. The monoisotopic (exact) mass is 467 g/mol. The fourth-order valence-electron chi connectivity index (χ4n) is 3.31. The Morgan fingerprint density at radius 3 is 2.33 bits per heavy atom. The van der Waals surface area contributed by atoms with Gasteiger partial charge in [0.25, 0.3) is 0 Å². The number of aromatic nitrogens is 3. The first-order chi connectivity index (χ1) is 16.1. The van der Waals surface area contributed by atoms with Gasteiger partial charge in [-0.2, -0.15) is 0 Å². The van der Waals surface area contributed by atoms with E-state index in [1.54, 1.807) is 46.4 Å². The number of H-pyrrole nitrogens is 1. The van der Waals surface area contributed by atoms with Gasteiger partial charge in [-0.15, -0.1) is 0 Å². The Kier molecular flexibility index (Phi) is 7.09. The number of hydrogen-bond donors (Lipinski definition) is 1. The number of nitrogens with one attached hydrogen (secondary N) is 1. The van der Waals surface area contributed by atoms with Crippen molar-refractivity contribution >= 4 is 22.8 Å². The summed E-state index contributed by atoms with van der Waals surface area (Å²) < 4.78 is 27.5. The number of benzene rings is 2. The molecule has 0 spiro atoms. The Bertz CT molecular complexity index is 1220. The van der Waals surface area contributed by atoms with Crippen LogP contribution in [0.2, 0.25) is 0 Å². The molecule has 0 amide bonds. The van der Waals surface area contributed by atoms with Gasteiger partial charge in [0.1, 0.15) is 18.1 Å². The van der Waals surface area contributed by atoms with Gasteiger partial charge in [-0.1, -0.05) is 11.8 Å². The topological polar surface area (TPSA) is 87.7 Å². The van der Waals surface area contributed by atoms with Crippen LogP contribution in [0.4, 0.5) is 0 Å². The Morgan fingerprint density at radius 1 is 0.848 bits per heavy atom. The van der Waals surface area contributed by atoms with E-state index in [0.717, 1.165) is 38.9 Å². The number of methoxy groups -OCH3 is 4. The molecule has 0 saturated heterocycles. The van der Waals surface area contributed by atoms with Gasteiger partial charge in [-0.3, -0.25) is 4.98 Å². The molecular formula is C24H25N3O5S. The highest BCUT2D eigenvalue weighted by molar-refractivity contribution is 7.98. The fraction of sp³-hybridized carbons (Fsp3) is 0.250. The first-order valence-corrected chi connectivity index (χ1v) is 11.1. The molecule has 9 heteroatoms. The number of nitrogens with zero attached hydrogens (tertiary/aromatic N) is 2. The zero-order chi connectivity index (χ0) is 23.2. The van der Waals surface area contributed by atoms with Crippen molar-refractivity contribution in [3.8, 4) is 28.7 Å². The molecular weight excluding hydrogens is 442 g/mol. The van der Waals surface area contributed by atoms with E-state index in [-0.39, 0.29) is 0 Å². The molecule has 0 aliphatic carbocycles. The molecule has 2 aromatic heterocycles. The lowest BCUT2D eigenvalue weighted by Crippen LogP contribution is -2.00. The molecule has 2 heterocycles. The molecule has 0 aliphatic rings. The van der Waals surface area contributed by atoms with Gasteiger partial charge in [0.2, 0.25) is 5.75 Å². The van der Waals surface area contributed by atoms with E-state index in [1.807, 2.05) is 42.5 Å². The molecule has 8 nitrogen and oxygen atoms in total. The van der Waals surface area contributed by atoms with Crippen molar-refractivity contribution in [2.75, 3.05) is 28.4 Å². The molecule has 4 aromatic rings. The highest BCUT2D eigenvalue weighted by atomic mass is 32.2. The molecule has 4 rings (SSSR count). The van der Waals surface area contributed by atoms with Gasteiger partial charge in [0.05, 0.1) is 45.2 Å². The number of ether oxygens (including phenoxy) is 5. The lowest BCUT2D eigenvalue weighted by molar-refractivity contribution is 0.298. The predicted octanol–water partition coefficient (Wildman–Crippen LogP) is 4.86. The van der Waals surface area contributed by atoms with Gasteiger partial charge in [-0.25, -0.2) is 4.98 Å². The molecule has 0 atom stereocenters. The van der Waals surface area contributed by atoms with E-state index >= 15 is 0 Å². The maximum Gasteiger partial charge on any atom is 0.203 e. The minimum absolute atomic E-state index is 0.346. The zero-order valence-electron chi connectivity index (χ0n) is 18.9. The Morgan fingerprint density at radius 2 is 1.64 bits per heavy atom. The van der Waals surface area contributed by atoms with E-state index in [1.165, 1.54) is 0 Å². The third-order valence-corrected chi connectivity index (χ3v) is 5.85. The minimum atomic E-state index is 0.346. The van der Waals surface area contributed by atoms with E-state index in [2.05, 4.69) is 15.0 Å².